The monoisotopic (exact) mass is 323 g/mol. The number of hydrogen-bond donors (Lipinski definition) is 1. The Kier molecular flexibility index (Phi) is 5.48. The van der Waals surface area contributed by atoms with E-state index in [1.807, 2.05) is 26.0 Å². The molecule has 0 aliphatic carbocycles. The Morgan fingerprint density at radius 3 is 2.64 bits per heavy atom. The van der Waals surface area contributed by atoms with Gasteiger partial charge in [-0.3, -0.25) is 4.79 Å². The van der Waals surface area contributed by atoms with E-state index in [1.54, 1.807) is 12.1 Å². The Labute approximate surface area is 136 Å². The molecule has 1 aromatic carbocycles. The zero-order valence-electron chi connectivity index (χ0n) is 12.9. The third kappa shape index (κ3) is 3.62. The molecule has 2 heterocycles. The van der Waals surface area contributed by atoms with E-state index in [0.29, 0.717) is 11.0 Å². The summed E-state index contributed by atoms with van der Waals surface area (Å²) in [4.78, 5) is 12.2. The molecule has 0 amide bonds. The van der Waals surface area contributed by atoms with Crippen LogP contribution in [0.1, 0.15) is 38.4 Å². The molecule has 1 aliphatic rings. The number of nitrogens with one attached hydrogen (secondary N) is 1. The van der Waals surface area contributed by atoms with E-state index in [0.717, 1.165) is 37.4 Å². The average molecular weight is 324 g/mol. The van der Waals surface area contributed by atoms with E-state index >= 15 is 0 Å². The number of rotatable bonds is 3. The van der Waals surface area contributed by atoms with Crippen LogP contribution < -0.4 is 15.5 Å². The van der Waals surface area contributed by atoms with E-state index in [1.165, 1.54) is 0 Å². The maximum absolute atomic E-state index is 12.2. The molecule has 3 rings (SSSR count). The molecule has 0 unspecified atom stereocenters. The van der Waals surface area contributed by atoms with Crippen molar-refractivity contribution in [2.45, 2.75) is 38.7 Å². The molecule has 0 atom stereocenters. The molecular formula is C17H22ClNO3. The van der Waals surface area contributed by atoms with Crippen LogP contribution in [0.15, 0.2) is 33.5 Å². The van der Waals surface area contributed by atoms with Gasteiger partial charge in [0.25, 0.3) is 0 Å². The van der Waals surface area contributed by atoms with Gasteiger partial charge in [0.2, 0.25) is 0 Å². The predicted octanol–water partition coefficient (Wildman–Crippen LogP) is 3.47. The molecule has 1 fully saturated rings. The van der Waals surface area contributed by atoms with E-state index < -0.39 is 0 Å². The van der Waals surface area contributed by atoms with Crippen molar-refractivity contribution in [3.8, 4) is 5.75 Å². The van der Waals surface area contributed by atoms with Crippen LogP contribution in [0.5, 0.6) is 5.75 Å². The summed E-state index contributed by atoms with van der Waals surface area (Å²) in [6, 6.07) is 7.10. The minimum atomic E-state index is -0.00397. The van der Waals surface area contributed by atoms with Gasteiger partial charge in [0.15, 0.2) is 5.43 Å². The maximum Gasteiger partial charge on any atom is 0.193 e. The van der Waals surface area contributed by atoms with Gasteiger partial charge in [-0.25, -0.2) is 0 Å². The second kappa shape index (κ2) is 7.16. The third-order valence-corrected chi connectivity index (χ3v) is 3.88. The summed E-state index contributed by atoms with van der Waals surface area (Å²) in [5, 5.41) is 3.90. The lowest BCUT2D eigenvalue weighted by Crippen LogP contribution is -2.34. The molecule has 4 nitrogen and oxygen atoms in total. The molecule has 0 radical (unpaired) electrons. The normalized spacial score (nSPS) is 15.8. The van der Waals surface area contributed by atoms with Crippen LogP contribution in [0, 0.1) is 0 Å². The fourth-order valence-electron chi connectivity index (χ4n) is 2.62. The highest BCUT2D eigenvalue weighted by Gasteiger charge is 2.15. The SMILES string of the molecule is CC(C)c1cc(=O)c2cc(OC3CCNCC3)ccc2o1.Cl. The van der Waals surface area contributed by atoms with E-state index in [9.17, 15) is 4.79 Å². The van der Waals surface area contributed by atoms with Gasteiger partial charge in [0, 0.05) is 12.0 Å². The van der Waals surface area contributed by atoms with Crippen molar-refractivity contribution in [3.05, 3.63) is 40.2 Å². The topological polar surface area (TPSA) is 51.5 Å². The quantitative estimate of drug-likeness (QED) is 0.939. The maximum atomic E-state index is 12.2. The summed E-state index contributed by atoms with van der Waals surface area (Å²) in [5.41, 5.74) is 0.625. The Balaban J connectivity index is 0.00000176. The lowest BCUT2D eigenvalue weighted by molar-refractivity contribution is 0.162. The number of hydrogen-bond acceptors (Lipinski definition) is 4. The second-order valence-electron chi connectivity index (χ2n) is 5.89. The zero-order chi connectivity index (χ0) is 14.8. The minimum Gasteiger partial charge on any atom is -0.490 e. The van der Waals surface area contributed by atoms with E-state index in [2.05, 4.69) is 5.32 Å². The highest BCUT2D eigenvalue weighted by molar-refractivity contribution is 5.85. The molecule has 2 aromatic rings. The van der Waals surface area contributed by atoms with Crippen molar-refractivity contribution < 1.29 is 9.15 Å². The first-order valence-corrected chi connectivity index (χ1v) is 7.58. The van der Waals surface area contributed by atoms with Gasteiger partial charge in [-0.05, 0) is 44.1 Å². The van der Waals surface area contributed by atoms with E-state index in [4.69, 9.17) is 9.15 Å². The van der Waals surface area contributed by atoms with Crippen LogP contribution >= 0.6 is 12.4 Å². The van der Waals surface area contributed by atoms with Crippen molar-refractivity contribution in [3.63, 3.8) is 0 Å². The summed E-state index contributed by atoms with van der Waals surface area (Å²) in [6.07, 6.45) is 2.23. The predicted molar refractivity (Wildman–Crippen MR) is 90.3 cm³/mol. The molecule has 1 saturated heterocycles. The molecular weight excluding hydrogens is 302 g/mol. The molecule has 22 heavy (non-hydrogen) atoms. The van der Waals surface area contributed by atoms with Crippen molar-refractivity contribution >= 4 is 23.4 Å². The molecule has 0 bridgehead atoms. The van der Waals surface area contributed by atoms with Crippen molar-refractivity contribution in [2.24, 2.45) is 0 Å². The highest BCUT2D eigenvalue weighted by Crippen LogP contribution is 2.24. The Morgan fingerprint density at radius 2 is 1.95 bits per heavy atom. The Hall–Kier alpha value is -1.52. The zero-order valence-corrected chi connectivity index (χ0v) is 13.7. The number of benzene rings is 1. The minimum absolute atomic E-state index is 0. The first-order valence-electron chi connectivity index (χ1n) is 7.58. The molecule has 1 aromatic heterocycles. The fourth-order valence-corrected chi connectivity index (χ4v) is 2.62. The summed E-state index contributed by atoms with van der Waals surface area (Å²) in [6.45, 7) is 5.99. The van der Waals surface area contributed by atoms with Gasteiger partial charge in [-0.2, -0.15) is 0 Å². The van der Waals surface area contributed by atoms with Crippen LogP contribution in [0.25, 0.3) is 11.0 Å². The number of ether oxygens (including phenoxy) is 1. The van der Waals surface area contributed by atoms with Gasteiger partial charge < -0.3 is 14.5 Å². The van der Waals surface area contributed by atoms with Crippen molar-refractivity contribution in [1.82, 2.24) is 5.32 Å². The van der Waals surface area contributed by atoms with Crippen molar-refractivity contribution in [2.75, 3.05) is 13.1 Å². The lowest BCUT2D eigenvalue weighted by Gasteiger charge is -2.23. The van der Waals surface area contributed by atoms with Gasteiger partial charge in [0.05, 0.1) is 5.39 Å². The first-order chi connectivity index (χ1) is 10.1. The largest absolute Gasteiger partial charge is 0.490 e. The van der Waals surface area contributed by atoms with Crippen LogP contribution in [-0.2, 0) is 0 Å². The molecule has 1 aliphatic heterocycles. The van der Waals surface area contributed by atoms with Crippen LogP contribution in [0.4, 0.5) is 0 Å². The molecule has 0 saturated carbocycles. The van der Waals surface area contributed by atoms with Gasteiger partial charge in [-0.15, -0.1) is 12.4 Å². The Morgan fingerprint density at radius 1 is 1.23 bits per heavy atom. The van der Waals surface area contributed by atoms with Crippen LogP contribution in [0.2, 0.25) is 0 Å². The smallest absolute Gasteiger partial charge is 0.193 e. The second-order valence-corrected chi connectivity index (χ2v) is 5.89. The molecule has 0 spiro atoms. The van der Waals surface area contributed by atoms with Crippen LogP contribution in [-0.4, -0.2) is 19.2 Å². The fraction of sp³-hybridized carbons (Fsp3) is 0.471. The highest BCUT2D eigenvalue weighted by atomic mass is 35.5. The molecule has 1 N–H and O–H groups in total. The van der Waals surface area contributed by atoms with Gasteiger partial charge in [-0.1, -0.05) is 13.8 Å². The van der Waals surface area contributed by atoms with Gasteiger partial charge in [0.1, 0.15) is 23.2 Å². The third-order valence-electron chi connectivity index (χ3n) is 3.88. The molecule has 5 heteroatoms. The Bertz CT molecular complexity index is 690. The number of halogens is 1. The summed E-state index contributed by atoms with van der Waals surface area (Å²) in [5.74, 6) is 1.67. The average Bonchev–Trinajstić information content (AvgIpc) is 2.48. The first kappa shape index (κ1) is 16.8. The number of piperidine rings is 1. The van der Waals surface area contributed by atoms with Crippen molar-refractivity contribution in [1.29, 1.82) is 0 Å². The lowest BCUT2D eigenvalue weighted by atomic mass is 10.1. The van der Waals surface area contributed by atoms with Crippen LogP contribution in [0.3, 0.4) is 0 Å². The summed E-state index contributed by atoms with van der Waals surface area (Å²) in [7, 11) is 0. The standard InChI is InChI=1S/C17H21NO3.ClH/c1-11(2)17-10-15(19)14-9-13(3-4-16(14)21-17)20-12-5-7-18-8-6-12;/h3-4,9-12,18H,5-8H2,1-2H3;1H. The van der Waals surface area contributed by atoms with E-state index in [-0.39, 0.29) is 29.9 Å². The number of fused-ring (bicyclic) bond motifs is 1. The molecule has 120 valence electrons. The van der Waals surface area contributed by atoms with Gasteiger partial charge >= 0.3 is 0 Å². The summed E-state index contributed by atoms with van der Waals surface area (Å²) >= 11 is 0. The summed E-state index contributed by atoms with van der Waals surface area (Å²) < 4.78 is 11.8.